The number of methoxy groups -OCH3 is 1. The van der Waals surface area contributed by atoms with E-state index in [1.165, 1.54) is 0 Å². The Kier molecular flexibility index (Phi) is 4.18. The Labute approximate surface area is 112 Å². The Morgan fingerprint density at radius 3 is 2.74 bits per heavy atom. The monoisotopic (exact) mass is 283 g/mol. The molecule has 1 aromatic carbocycles. The second kappa shape index (κ2) is 5.68. The highest BCUT2D eigenvalue weighted by molar-refractivity contribution is 7.90. The molecule has 19 heavy (non-hydrogen) atoms. The van der Waals surface area contributed by atoms with Gasteiger partial charge >= 0.3 is 0 Å². The van der Waals surface area contributed by atoms with Crippen molar-refractivity contribution >= 4 is 15.9 Å². The molecule has 0 aliphatic carbocycles. The lowest BCUT2D eigenvalue weighted by atomic mass is 10.2. The van der Waals surface area contributed by atoms with Crippen LogP contribution in [0.4, 0.5) is 0 Å². The third-order valence-electron chi connectivity index (χ3n) is 2.88. The normalized spacial score (nSPS) is 16.0. The van der Waals surface area contributed by atoms with Crippen molar-refractivity contribution in [2.75, 3.05) is 33.4 Å². The summed E-state index contributed by atoms with van der Waals surface area (Å²) in [6, 6.07) is 6.82. The van der Waals surface area contributed by atoms with Crippen molar-refractivity contribution < 1.29 is 13.2 Å². The Balaban J connectivity index is 2.38. The molecule has 0 saturated carbocycles. The van der Waals surface area contributed by atoms with Crippen LogP contribution < -0.4 is 5.73 Å². The zero-order valence-electron chi connectivity index (χ0n) is 10.7. The molecule has 2 rings (SSSR count). The van der Waals surface area contributed by atoms with Crippen molar-refractivity contribution in [2.45, 2.75) is 4.90 Å². The number of hydrogen-bond acceptors (Lipinski definition) is 5. The van der Waals surface area contributed by atoms with Crippen molar-refractivity contribution in [1.82, 2.24) is 4.90 Å². The van der Waals surface area contributed by atoms with E-state index in [0.717, 1.165) is 0 Å². The van der Waals surface area contributed by atoms with E-state index in [4.69, 9.17) is 10.5 Å². The molecule has 0 saturated heterocycles. The minimum Gasteiger partial charge on any atom is -0.383 e. The molecule has 0 fully saturated rings. The number of ether oxygens (including phenoxy) is 1. The molecule has 1 aromatic rings. The van der Waals surface area contributed by atoms with Gasteiger partial charge in [-0.2, -0.15) is 8.42 Å². The third-order valence-corrected chi connectivity index (χ3v) is 4.20. The SMILES string of the molecule is COCCN(CCN)C1=NS(=O)(=O)c2ccccc21. The molecule has 0 aromatic heterocycles. The van der Waals surface area contributed by atoms with Crippen LogP contribution in [0.25, 0.3) is 0 Å². The Bertz CT molecular complexity index is 584. The van der Waals surface area contributed by atoms with E-state index < -0.39 is 10.0 Å². The number of benzene rings is 1. The van der Waals surface area contributed by atoms with Crippen LogP contribution in [0.15, 0.2) is 33.6 Å². The van der Waals surface area contributed by atoms with E-state index in [-0.39, 0.29) is 4.90 Å². The molecule has 0 amide bonds. The first kappa shape index (κ1) is 14.0. The lowest BCUT2D eigenvalue weighted by Gasteiger charge is -2.23. The van der Waals surface area contributed by atoms with Gasteiger partial charge in [0.2, 0.25) is 0 Å². The molecule has 6 nitrogen and oxygen atoms in total. The van der Waals surface area contributed by atoms with Crippen LogP contribution in [-0.2, 0) is 14.8 Å². The minimum atomic E-state index is -3.58. The summed E-state index contributed by atoms with van der Waals surface area (Å²) in [6.45, 7) is 1.99. The molecule has 1 heterocycles. The fourth-order valence-electron chi connectivity index (χ4n) is 2.00. The maximum Gasteiger partial charge on any atom is 0.285 e. The van der Waals surface area contributed by atoms with E-state index >= 15 is 0 Å². The van der Waals surface area contributed by atoms with Gasteiger partial charge in [-0.1, -0.05) is 12.1 Å². The molecule has 1 aliphatic rings. The van der Waals surface area contributed by atoms with Gasteiger partial charge in [-0.3, -0.25) is 0 Å². The van der Waals surface area contributed by atoms with Crippen LogP contribution in [0.3, 0.4) is 0 Å². The highest BCUT2D eigenvalue weighted by Gasteiger charge is 2.31. The van der Waals surface area contributed by atoms with Crippen molar-refractivity contribution in [3.05, 3.63) is 29.8 Å². The fourth-order valence-corrected chi connectivity index (χ4v) is 3.23. The molecule has 1 aliphatic heterocycles. The molecule has 0 unspecified atom stereocenters. The predicted octanol–water partition coefficient (Wildman–Crippen LogP) is 0.0426. The average Bonchev–Trinajstić information content (AvgIpc) is 2.67. The topological polar surface area (TPSA) is 85.0 Å². The fraction of sp³-hybridized carbons (Fsp3) is 0.417. The number of sulfonamides is 1. The molecule has 0 bridgehead atoms. The maximum atomic E-state index is 12.0. The lowest BCUT2D eigenvalue weighted by molar-refractivity contribution is 0.177. The number of amidine groups is 1. The van der Waals surface area contributed by atoms with Gasteiger partial charge in [0.05, 0.1) is 6.61 Å². The average molecular weight is 283 g/mol. The summed E-state index contributed by atoms with van der Waals surface area (Å²) in [5, 5.41) is 0. The minimum absolute atomic E-state index is 0.254. The van der Waals surface area contributed by atoms with Crippen LogP contribution in [0.1, 0.15) is 5.56 Å². The van der Waals surface area contributed by atoms with Gasteiger partial charge in [-0.15, -0.1) is 4.40 Å². The second-order valence-corrected chi connectivity index (χ2v) is 5.73. The van der Waals surface area contributed by atoms with Gasteiger partial charge < -0.3 is 15.4 Å². The predicted molar refractivity (Wildman–Crippen MR) is 72.7 cm³/mol. The Morgan fingerprint density at radius 2 is 2.05 bits per heavy atom. The molecular formula is C12H17N3O3S. The summed E-state index contributed by atoms with van der Waals surface area (Å²) in [5.41, 5.74) is 6.20. The first-order valence-electron chi connectivity index (χ1n) is 5.98. The summed E-state index contributed by atoms with van der Waals surface area (Å²) in [4.78, 5) is 2.09. The zero-order chi connectivity index (χ0) is 13.9. The summed E-state index contributed by atoms with van der Waals surface area (Å²) < 4.78 is 32.8. The van der Waals surface area contributed by atoms with Gasteiger partial charge in [0, 0.05) is 32.3 Å². The smallest absolute Gasteiger partial charge is 0.285 e. The maximum absolute atomic E-state index is 12.0. The summed E-state index contributed by atoms with van der Waals surface area (Å²) in [5.74, 6) is 0.457. The molecule has 104 valence electrons. The van der Waals surface area contributed by atoms with Gasteiger partial charge in [-0.25, -0.2) is 0 Å². The van der Waals surface area contributed by atoms with E-state index in [1.54, 1.807) is 31.4 Å². The highest BCUT2D eigenvalue weighted by atomic mass is 32.2. The molecule has 2 N–H and O–H groups in total. The Morgan fingerprint density at radius 1 is 1.32 bits per heavy atom. The van der Waals surface area contributed by atoms with E-state index in [2.05, 4.69) is 4.40 Å². The first-order valence-corrected chi connectivity index (χ1v) is 7.42. The van der Waals surface area contributed by atoms with E-state index in [9.17, 15) is 8.42 Å². The van der Waals surface area contributed by atoms with Crippen LogP contribution in [0.5, 0.6) is 0 Å². The van der Waals surface area contributed by atoms with Crippen LogP contribution in [0, 0.1) is 0 Å². The summed E-state index contributed by atoms with van der Waals surface area (Å²) >= 11 is 0. The second-order valence-electron chi connectivity index (χ2n) is 4.15. The zero-order valence-corrected chi connectivity index (χ0v) is 11.6. The number of nitrogens with two attached hydrogens (primary N) is 1. The summed E-state index contributed by atoms with van der Waals surface area (Å²) in [6.07, 6.45) is 0. The number of rotatable bonds is 5. The van der Waals surface area contributed by atoms with Crippen LogP contribution in [0.2, 0.25) is 0 Å². The molecule has 0 atom stereocenters. The van der Waals surface area contributed by atoms with Crippen molar-refractivity contribution in [3.63, 3.8) is 0 Å². The van der Waals surface area contributed by atoms with E-state index in [0.29, 0.717) is 37.6 Å². The Hall–Kier alpha value is -1.44. The van der Waals surface area contributed by atoms with Crippen molar-refractivity contribution in [2.24, 2.45) is 10.1 Å². The van der Waals surface area contributed by atoms with Gasteiger partial charge in [0.1, 0.15) is 4.90 Å². The molecular weight excluding hydrogens is 266 g/mol. The van der Waals surface area contributed by atoms with Crippen molar-refractivity contribution in [3.8, 4) is 0 Å². The molecule has 7 heteroatoms. The van der Waals surface area contributed by atoms with Gasteiger partial charge in [-0.05, 0) is 12.1 Å². The number of hydrogen-bond donors (Lipinski definition) is 1. The largest absolute Gasteiger partial charge is 0.383 e. The van der Waals surface area contributed by atoms with Gasteiger partial charge in [0.25, 0.3) is 10.0 Å². The number of fused-ring (bicyclic) bond motifs is 1. The van der Waals surface area contributed by atoms with Crippen LogP contribution in [-0.4, -0.2) is 52.5 Å². The van der Waals surface area contributed by atoms with Crippen molar-refractivity contribution in [1.29, 1.82) is 0 Å². The standard InChI is InChI=1S/C12H17N3O3S/c1-18-9-8-15(7-6-13)12-10-4-2-3-5-11(10)19(16,17)14-12/h2-5H,6-9,13H2,1H3. The lowest BCUT2D eigenvalue weighted by Crippen LogP contribution is -2.37. The highest BCUT2D eigenvalue weighted by Crippen LogP contribution is 2.27. The van der Waals surface area contributed by atoms with E-state index in [1.807, 2.05) is 4.90 Å². The summed E-state index contributed by atoms with van der Waals surface area (Å²) in [7, 11) is -1.98. The number of nitrogens with zero attached hydrogens (tertiary/aromatic N) is 2. The molecule has 0 spiro atoms. The third kappa shape index (κ3) is 2.78. The van der Waals surface area contributed by atoms with Crippen LogP contribution >= 0.6 is 0 Å². The quantitative estimate of drug-likeness (QED) is 0.825. The van der Waals surface area contributed by atoms with Gasteiger partial charge in [0.15, 0.2) is 5.84 Å². The first-order chi connectivity index (χ1) is 9.10. The molecule has 0 radical (unpaired) electrons.